The van der Waals surface area contributed by atoms with Crippen LogP contribution in [0.5, 0.6) is 5.75 Å². The van der Waals surface area contributed by atoms with Crippen molar-refractivity contribution in [2.24, 2.45) is 0 Å². The molecule has 0 unspecified atom stereocenters. The molecule has 202 valence electrons. The Morgan fingerprint density at radius 3 is 2.21 bits per heavy atom. The molecule has 3 rings (SSSR count). The number of sulfonamides is 1. The van der Waals surface area contributed by atoms with E-state index in [-0.39, 0.29) is 22.7 Å². The van der Waals surface area contributed by atoms with Crippen LogP contribution in [0, 0.1) is 5.82 Å². The third kappa shape index (κ3) is 6.89. The summed E-state index contributed by atoms with van der Waals surface area (Å²) in [5.74, 6) is -1.10. The third-order valence-electron chi connectivity index (χ3n) is 5.99. The smallest absolute Gasteiger partial charge is 0.264 e. The molecular weight excluding hydrogens is 509 g/mol. The Morgan fingerprint density at radius 2 is 1.61 bits per heavy atom. The molecule has 10 heteroatoms. The quantitative estimate of drug-likeness (QED) is 0.374. The zero-order chi connectivity index (χ0) is 27.7. The normalized spacial score (nSPS) is 11.9. The van der Waals surface area contributed by atoms with Gasteiger partial charge in [-0.1, -0.05) is 43.3 Å². The predicted molar refractivity (Wildman–Crippen MR) is 144 cm³/mol. The van der Waals surface area contributed by atoms with Crippen molar-refractivity contribution < 1.29 is 27.1 Å². The largest absolute Gasteiger partial charge is 0.497 e. The Hall–Kier alpha value is -3.92. The van der Waals surface area contributed by atoms with Crippen molar-refractivity contribution in [2.75, 3.05) is 24.5 Å². The second kappa shape index (κ2) is 13.0. The number of benzene rings is 3. The van der Waals surface area contributed by atoms with Crippen LogP contribution in [0.25, 0.3) is 0 Å². The van der Waals surface area contributed by atoms with Gasteiger partial charge in [-0.25, -0.2) is 12.8 Å². The van der Waals surface area contributed by atoms with Crippen molar-refractivity contribution in [3.8, 4) is 5.75 Å². The topological polar surface area (TPSA) is 96.0 Å². The number of carbonyl (C=O) groups excluding carboxylic acids is 2. The lowest BCUT2D eigenvalue weighted by Crippen LogP contribution is -2.51. The van der Waals surface area contributed by atoms with Gasteiger partial charge in [0.15, 0.2) is 0 Å². The molecule has 0 saturated heterocycles. The minimum atomic E-state index is -4.17. The summed E-state index contributed by atoms with van der Waals surface area (Å²) in [5, 5.41) is 2.75. The van der Waals surface area contributed by atoms with E-state index >= 15 is 0 Å². The lowest BCUT2D eigenvalue weighted by atomic mass is 10.1. The molecule has 0 bridgehead atoms. The van der Waals surface area contributed by atoms with Crippen molar-refractivity contribution in [3.63, 3.8) is 0 Å². The maximum absolute atomic E-state index is 14.5. The number of rotatable bonds is 12. The van der Waals surface area contributed by atoms with Crippen LogP contribution in [0.3, 0.4) is 0 Å². The zero-order valence-electron chi connectivity index (χ0n) is 21.6. The van der Waals surface area contributed by atoms with E-state index in [4.69, 9.17) is 4.74 Å². The van der Waals surface area contributed by atoms with Gasteiger partial charge >= 0.3 is 0 Å². The molecule has 0 aliphatic carbocycles. The molecule has 8 nitrogen and oxygen atoms in total. The van der Waals surface area contributed by atoms with E-state index in [1.165, 1.54) is 61.4 Å². The van der Waals surface area contributed by atoms with E-state index in [9.17, 15) is 22.4 Å². The number of hydrogen-bond acceptors (Lipinski definition) is 5. The summed E-state index contributed by atoms with van der Waals surface area (Å²) >= 11 is 0. The molecule has 0 heterocycles. The highest BCUT2D eigenvalue weighted by atomic mass is 32.2. The Labute approximate surface area is 223 Å². The second-order valence-electron chi connectivity index (χ2n) is 8.60. The summed E-state index contributed by atoms with van der Waals surface area (Å²) < 4.78 is 48.1. The third-order valence-corrected chi connectivity index (χ3v) is 7.77. The molecule has 1 atom stereocenters. The van der Waals surface area contributed by atoms with Gasteiger partial charge in [0.25, 0.3) is 10.0 Å². The maximum atomic E-state index is 14.5. The van der Waals surface area contributed by atoms with Gasteiger partial charge in [-0.2, -0.15) is 0 Å². The standard InChI is InChI=1S/C28H32FN3O5S/c1-4-18-30-28(34)21(2)31(19-22-10-8-9-13-26(22)29)27(33)20-32(23-14-16-24(37-3)17-15-23)38(35,36)25-11-6-5-7-12-25/h5-17,21H,4,18-20H2,1-3H3,(H,30,34)/t21-/m1/s1. The van der Waals surface area contributed by atoms with Crippen LogP contribution >= 0.6 is 0 Å². The first-order chi connectivity index (χ1) is 18.2. The summed E-state index contributed by atoms with van der Waals surface area (Å²) in [6.45, 7) is 3.02. The van der Waals surface area contributed by atoms with Crippen LogP contribution in [-0.4, -0.2) is 51.4 Å². The van der Waals surface area contributed by atoms with Crippen molar-refractivity contribution in [1.82, 2.24) is 10.2 Å². The Morgan fingerprint density at radius 1 is 0.974 bits per heavy atom. The van der Waals surface area contributed by atoms with Crippen molar-refractivity contribution >= 4 is 27.5 Å². The second-order valence-corrected chi connectivity index (χ2v) is 10.5. The Bertz CT molecular complexity index is 1330. The van der Waals surface area contributed by atoms with E-state index in [1.54, 1.807) is 36.4 Å². The van der Waals surface area contributed by atoms with Crippen LogP contribution in [0.15, 0.2) is 83.8 Å². The van der Waals surface area contributed by atoms with E-state index in [0.717, 1.165) is 4.31 Å². The molecule has 0 aliphatic rings. The number of methoxy groups -OCH3 is 1. The number of nitrogens with one attached hydrogen (secondary N) is 1. The van der Waals surface area contributed by atoms with Gasteiger partial charge in [0, 0.05) is 18.7 Å². The summed E-state index contributed by atoms with van der Waals surface area (Å²) in [4.78, 5) is 27.8. The predicted octanol–water partition coefficient (Wildman–Crippen LogP) is 3.97. The number of amides is 2. The molecule has 1 N–H and O–H groups in total. The molecule has 3 aromatic carbocycles. The van der Waals surface area contributed by atoms with Crippen molar-refractivity contribution in [2.45, 2.75) is 37.8 Å². The van der Waals surface area contributed by atoms with Crippen molar-refractivity contribution in [1.29, 1.82) is 0 Å². The van der Waals surface area contributed by atoms with Crippen LogP contribution in [0.1, 0.15) is 25.8 Å². The molecule has 0 saturated carbocycles. The van der Waals surface area contributed by atoms with E-state index in [0.29, 0.717) is 18.7 Å². The molecular formula is C28H32FN3O5S. The maximum Gasteiger partial charge on any atom is 0.264 e. The highest BCUT2D eigenvalue weighted by Gasteiger charge is 2.32. The summed E-state index contributed by atoms with van der Waals surface area (Å²) in [5.41, 5.74) is 0.440. The first kappa shape index (κ1) is 28.6. The molecule has 0 aromatic heterocycles. The summed E-state index contributed by atoms with van der Waals surface area (Å²) in [7, 11) is -2.68. The average molecular weight is 542 g/mol. The SMILES string of the molecule is CCCNC(=O)[C@@H](C)N(Cc1ccccc1F)C(=O)CN(c1ccc(OC)cc1)S(=O)(=O)c1ccccc1. The molecule has 0 spiro atoms. The number of nitrogens with zero attached hydrogens (tertiary/aromatic N) is 2. The monoisotopic (exact) mass is 541 g/mol. The highest BCUT2D eigenvalue weighted by Crippen LogP contribution is 2.26. The number of ether oxygens (including phenoxy) is 1. The lowest BCUT2D eigenvalue weighted by molar-refractivity contribution is -0.139. The summed E-state index contributed by atoms with van der Waals surface area (Å²) in [6, 6.07) is 19.0. The molecule has 3 aromatic rings. The van der Waals surface area contributed by atoms with Gasteiger partial charge in [0.05, 0.1) is 17.7 Å². The van der Waals surface area contributed by atoms with Gasteiger partial charge in [-0.3, -0.25) is 13.9 Å². The number of hydrogen-bond donors (Lipinski definition) is 1. The van der Waals surface area contributed by atoms with Crippen LogP contribution in [0.2, 0.25) is 0 Å². The zero-order valence-corrected chi connectivity index (χ0v) is 22.4. The highest BCUT2D eigenvalue weighted by molar-refractivity contribution is 7.92. The van der Waals surface area contributed by atoms with Crippen LogP contribution in [-0.2, 0) is 26.2 Å². The average Bonchev–Trinajstić information content (AvgIpc) is 2.94. The van der Waals surface area contributed by atoms with E-state index in [2.05, 4.69) is 5.32 Å². The van der Waals surface area contributed by atoms with Gasteiger partial charge in [0.2, 0.25) is 11.8 Å². The van der Waals surface area contributed by atoms with Gasteiger partial charge < -0.3 is 15.0 Å². The van der Waals surface area contributed by atoms with E-state index in [1.807, 2.05) is 6.92 Å². The van der Waals surface area contributed by atoms with E-state index < -0.39 is 40.2 Å². The number of halogens is 1. The molecule has 0 fully saturated rings. The fourth-order valence-corrected chi connectivity index (χ4v) is 5.22. The van der Waals surface area contributed by atoms with Gasteiger partial charge in [0.1, 0.15) is 24.2 Å². The molecule has 0 radical (unpaired) electrons. The minimum absolute atomic E-state index is 0.00184. The minimum Gasteiger partial charge on any atom is -0.497 e. The first-order valence-corrected chi connectivity index (χ1v) is 13.7. The number of carbonyl (C=O) groups is 2. The Balaban J connectivity index is 2.02. The van der Waals surface area contributed by atoms with Gasteiger partial charge in [-0.05, 0) is 55.8 Å². The van der Waals surface area contributed by atoms with Crippen LogP contribution in [0.4, 0.5) is 10.1 Å². The Kier molecular flexibility index (Phi) is 9.84. The fraction of sp³-hybridized carbons (Fsp3) is 0.286. The van der Waals surface area contributed by atoms with Gasteiger partial charge in [-0.15, -0.1) is 0 Å². The first-order valence-electron chi connectivity index (χ1n) is 12.2. The van der Waals surface area contributed by atoms with Crippen LogP contribution < -0.4 is 14.4 Å². The lowest BCUT2D eigenvalue weighted by Gasteiger charge is -2.32. The number of anilines is 1. The molecule has 0 aliphatic heterocycles. The molecule has 38 heavy (non-hydrogen) atoms. The summed E-state index contributed by atoms with van der Waals surface area (Å²) in [6.07, 6.45) is 0.695. The molecule has 2 amide bonds. The van der Waals surface area contributed by atoms with Crippen molar-refractivity contribution in [3.05, 3.63) is 90.2 Å². The fourth-order valence-electron chi connectivity index (χ4n) is 3.79.